The predicted molar refractivity (Wildman–Crippen MR) is 63.3 cm³/mol. The summed E-state index contributed by atoms with van der Waals surface area (Å²) in [5, 5.41) is 5.72. The number of hydrogen-bond donors (Lipinski definition) is 1. The van der Waals surface area contributed by atoms with Gasteiger partial charge in [-0.1, -0.05) is 5.16 Å². The lowest BCUT2D eigenvalue weighted by Gasteiger charge is -2.05. The minimum absolute atomic E-state index is 0.0199. The van der Waals surface area contributed by atoms with Crippen LogP contribution in [0.2, 0.25) is 0 Å². The van der Waals surface area contributed by atoms with E-state index in [4.69, 9.17) is 4.52 Å². The first-order valence-corrected chi connectivity index (χ1v) is 5.66. The smallest absolute Gasteiger partial charge is 0.294 e. The van der Waals surface area contributed by atoms with Crippen molar-refractivity contribution in [1.29, 1.82) is 0 Å². The third kappa shape index (κ3) is 2.56. The average Bonchev–Trinajstić information content (AvgIpc) is 2.73. The molecule has 0 spiro atoms. The summed E-state index contributed by atoms with van der Waals surface area (Å²) in [7, 11) is 0. The number of aromatic nitrogens is 1. The highest BCUT2D eigenvalue weighted by atomic mass is 79.9. The molecule has 1 heterocycles. The van der Waals surface area contributed by atoms with Crippen molar-refractivity contribution in [3.63, 3.8) is 0 Å². The third-order valence-corrected chi connectivity index (χ3v) is 2.72. The van der Waals surface area contributed by atoms with E-state index in [1.807, 2.05) is 0 Å². The maximum Gasteiger partial charge on any atom is 0.294 e. The summed E-state index contributed by atoms with van der Waals surface area (Å²) in [6.45, 7) is 1.64. The minimum Gasteiger partial charge on any atom is -0.351 e. The van der Waals surface area contributed by atoms with Gasteiger partial charge in [0.25, 0.3) is 5.91 Å². The summed E-state index contributed by atoms with van der Waals surface area (Å²) in [5.74, 6) is -2.21. The van der Waals surface area contributed by atoms with E-state index in [1.54, 1.807) is 6.92 Å². The number of carbonyl (C=O) groups excluding carboxylic acids is 1. The quantitative estimate of drug-likeness (QED) is 0.865. The molecule has 0 bridgehead atoms. The molecule has 1 aromatic carbocycles. The Hall–Kier alpha value is -1.76. The molecule has 94 valence electrons. The highest BCUT2D eigenvalue weighted by Gasteiger charge is 2.15. The zero-order chi connectivity index (χ0) is 13.3. The molecule has 0 fully saturated rings. The number of aryl methyl sites for hydroxylation is 1. The van der Waals surface area contributed by atoms with E-state index in [2.05, 4.69) is 26.4 Å². The fourth-order valence-corrected chi connectivity index (χ4v) is 1.59. The topological polar surface area (TPSA) is 55.1 Å². The van der Waals surface area contributed by atoms with Crippen LogP contribution < -0.4 is 5.32 Å². The van der Waals surface area contributed by atoms with Gasteiger partial charge in [-0.2, -0.15) is 0 Å². The van der Waals surface area contributed by atoms with E-state index in [1.165, 1.54) is 6.07 Å². The van der Waals surface area contributed by atoms with Crippen molar-refractivity contribution in [1.82, 2.24) is 5.16 Å². The highest BCUT2D eigenvalue weighted by molar-refractivity contribution is 9.10. The molecule has 0 aliphatic carbocycles. The lowest BCUT2D eigenvalue weighted by atomic mass is 10.3. The molecule has 7 heteroatoms. The Bertz CT molecular complexity index is 613. The molecule has 18 heavy (non-hydrogen) atoms. The fraction of sp³-hybridized carbons (Fsp3) is 0.0909. The molecule has 4 nitrogen and oxygen atoms in total. The van der Waals surface area contributed by atoms with Gasteiger partial charge in [-0.05, 0) is 28.9 Å². The SMILES string of the molecule is Cc1cc(C(=O)Nc2cc(F)c(Br)cc2F)on1. The van der Waals surface area contributed by atoms with Gasteiger partial charge in [-0.3, -0.25) is 4.79 Å². The van der Waals surface area contributed by atoms with Crippen LogP contribution in [0, 0.1) is 18.6 Å². The van der Waals surface area contributed by atoms with Crippen LogP contribution in [0.1, 0.15) is 16.2 Å². The number of benzene rings is 1. The third-order valence-electron chi connectivity index (χ3n) is 2.11. The number of hydrogen-bond acceptors (Lipinski definition) is 3. The first-order valence-electron chi connectivity index (χ1n) is 4.86. The second-order valence-electron chi connectivity index (χ2n) is 3.53. The first kappa shape index (κ1) is 12.7. The number of rotatable bonds is 2. The Kier molecular flexibility index (Phi) is 3.42. The first-order chi connectivity index (χ1) is 8.47. The zero-order valence-corrected chi connectivity index (χ0v) is 10.7. The second-order valence-corrected chi connectivity index (χ2v) is 4.39. The molecule has 0 saturated heterocycles. The van der Waals surface area contributed by atoms with Crippen LogP contribution >= 0.6 is 15.9 Å². The molecule has 2 rings (SSSR count). The van der Waals surface area contributed by atoms with E-state index in [0.717, 1.165) is 12.1 Å². The molecular formula is C11H7BrF2N2O2. The largest absolute Gasteiger partial charge is 0.351 e. The van der Waals surface area contributed by atoms with Gasteiger partial charge in [0.2, 0.25) is 5.76 Å². The Balaban J connectivity index is 2.24. The summed E-state index contributed by atoms with van der Waals surface area (Å²) in [5.41, 5.74) is 0.248. The summed E-state index contributed by atoms with van der Waals surface area (Å²) in [4.78, 5) is 11.6. The van der Waals surface area contributed by atoms with Gasteiger partial charge in [0.15, 0.2) is 0 Å². The molecule has 2 aromatic rings. The number of anilines is 1. The van der Waals surface area contributed by atoms with E-state index in [9.17, 15) is 13.6 Å². The van der Waals surface area contributed by atoms with Crippen LogP contribution in [0.5, 0.6) is 0 Å². The maximum atomic E-state index is 13.5. The summed E-state index contributed by atoms with van der Waals surface area (Å²) < 4.78 is 31.4. The van der Waals surface area contributed by atoms with Gasteiger partial charge in [-0.15, -0.1) is 0 Å². The van der Waals surface area contributed by atoms with Gasteiger partial charge in [0.1, 0.15) is 11.6 Å². The molecular weight excluding hydrogens is 310 g/mol. The standard InChI is InChI=1S/C11H7BrF2N2O2/c1-5-2-10(18-16-5)11(17)15-9-4-7(13)6(12)3-8(9)14/h2-4H,1H3,(H,15,17). The highest BCUT2D eigenvalue weighted by Crippen LogP contribution is 2.23. The van der Waals surface area contributed by atoms with Crippen LogP contribution in [-0.4, -0.2) is 11.1 Å². The van der Waals surface area contributed by atoms with Crippen LogP contribution in [0.15, 0.2) is 27.2 Å². The van der Waals surface area contributed by atoms with Crippen molar-refractivity contribution in [3.8, 4) is 0 Å². The normalized spacial score (nSPS) is 10.4. The Labute approximate surface area is 109 Å². The number of halogens is 3. The molecule has 0 aliphatic rings. The molecule has 1 amide bonds. The van der Waals surface area contributed by atoms with Crippen LogP contribution in [-0.2, 0) is 0 Å². The maximum absolute atomic E-state index is 13.5. The van der Waals surface area contributed by atoms with E-state index in [0.29, 0.717) is 5.69 Å². The van der Waals surface area contributed by atoms with Gasteiger partial charge in [0.05, 0.1) is 15.9 Å². The number of amides is 1. The van der Waals surface area contributed by atoms with E-state index >= 15 is 0 Å². The summed E-state index contributed by atoms with van der Waals surface area (Å²) in [6.07, 6.45) is 0. The summed E-state index contributed by atoms with van der Waals surface area (Å²) >= 11 is 2.84. The molecule has 0 saturated carbocycles. The predicted octanol–water partition coefficient (Wildman–Crippen LogP) is 3.28. The number of nitrogens with zero attached hydrogens (tertiary/aromatic N) is 1. The Morgan fingerprint density at radius 2 is 2.06 bits per heavy atom. The van der Waals surface area contributed by atoms with Crippen LogP contribution in [0.3, 0.4) is 0 Å². The number of nitrogens with one attached hydrogen (secondary N) is 1. The van der Waals surface area contributed by atoms with Crippen molar-refractivity contribution in [2.24, 2.45) is 0 Å². The number of carbonyl (C=O) groups is 1. The lowest BCUT2D eigenvalue weighted by molar-refractivity contribution is 0.0987. The van der Waals surface area contributed by atoms with Crippen molar-refractivity contribution < 1.29 is 18.1 Å². The molecule has 0 radical (unpaired) electrons. The van der Waals surface area contributed by atoms with Crippen LogP contribution in [0.4, 0.5) is 14.5 Å². The van der Waals surface area contributed by atoms with Crippen molar-refractivity contribution in [3.05, 3.63) is 45.8 Å². The summed E-state index contributed by atoms with van der Waals surface area (Å²) in [6, 6.07) is 3.19. The fourth-order valence-electron chi connectivity index (χ4n) is 1.27. The van der Waals surface area contributed by atoms with Crippen molar-refractivity contribution in [2.45, 2.75) is 6.92 Å². The minimum atomic E-state index is -0.757. The molecule has 0 atom stereocenters. The van der Waals surface area contributed by atoms with E-state index in [-0.39, 0.29) is 15.9 Å². The van der Waals surface area contributed by atoms with Gasteiger partial charge in [-0.25, -0.2) is 8.78 Å². The van der Waals surface area contributed by atoms with E-state index < -0.39 is 17.5 Å². The Morgan fingerprint density at radius 3 is 2.67 bits per heavy atom. The van der Waals surface area contributed by atoms with Gasteiger partial charge < -0.3 is 9.84 Å². The molecule has 1 N–H and O–H groups in total. The second kappa shape index (κ2) is 4.85. The van der Waals surface area contributed by atoms with Crippen LogP contribution in [0.25, 0.3) is 0 Å². The molecule has 0 unspecified atom stereocenters. The van der Waals surface area contributed by atoms with Crippen molar-refractivity contribution in [2.75, 3.05) is 5.32 Å². The monoisotopic (exact) mass is 316 g/mol. The van der Waals surface area contributed by atoms with Gasteiger partial charge >= 0.3 is 0 Å². The van der Waals surface area contributed by atoms with Crippen molar-refractivity contribution >= 4 is 27.5 Å². The molecule has 1 aromatic heterocycles. The molecule has 0 aliphatic heterocycles. The zero-order valence-electron chi connectivity index (χ0n) is 9.13. The lowest BCUT2D eigenvalue weighted by Crippen LogP contribution is -2.12. The van der Waals surface area contributed by atoms with Gasteiger partial charge in [0, 0.05) is 12.1 Å². The average molecular weight is 317 g/mol. The Morgan fingerprint density at radius 1 is 1.33 bits per heavy atom.